The van der Waals surface area contributed by atoms with E-state index in [1.54, 1.807) is 6.20 Å². The molecule has 8 aromatic rings. The van der Waals surface area contributed by atoms with E-state index < -0.39 is 0 Å². The summed E-state index contributed by atoms with van der Waals surface area (Å²) in [6, 6.07) is 39.7. The lowest BCUT2D eigenvalue weighted by atomic mass is 10.1. The Morgan fingerprint density at radius 3 is 2.42 bits per heavy atom. The highest BCUT2D eigenvalue weighted by Gasteiger charge is 2.22. The second-order valence-corrected chi connectivity index (χ2v) is 10.9. The predicted molar refractivity (Wildman–Crippen MR) is 164 cm³/mol. The molecule has 4 aromatic carbocycles. The highest BCUT2D eigenvalue weighted by Crippen LogP contribution is 2.42. The molecule has 0 aliphatic rings. The van der Waals surface area contributed by atoms with E-state index in [-0.39, 0.29) is 0 Å². The Kier molecular flexibility index (Phi) is 5.12. The first-order valence-electron chi connectivity index (χ1n) is 13.1. The highest BCUT2D eigenvalue weighted by atomic mass is 32.1. The van der Waals surface area contributed by atoms with Crippen LogP contribution < -0.4 is 9.30 Å². The predicted octanol–water partition coefficient (Wildman–Crippen LogP) is 8.93. The zero-order valence-corrected chi connectivity index (χ0v) is 22.3. The average molecular weight is 534 g/mol. The summed E-state index contributed by atoms with van der Waals surface area (Å²) in [5.41, 5.74) is 5.17. The van der Waals surface area contributed by atoms with Crippen LogP contribution in [0.1, 0.15) is 0 Å². The third kappa shape index (κ3) is 3.56. The van der Waals surface area contributed by atoms with Gasteiger partial charge in [-0.25, -0.2) is 4.57 Å². The summed E-state index contributed by atoms with van der Waals surface area (Å²) in [6.45, 7) is 0. The molecular formula is C35H23N3OS. The Hall–Kier alpha value is -5.13. The first-order chi connectivity index (χ1) is 19.7. The van der Waals surface area contributed by atoms with E-state index in [1.807, 2.05) is 76.7 Å². The maximum Gasteiger partial charge on any atom is 0.192 e. The number of benzene rings is 4. The molecule has 0 radical (unpaired) electrons. The van der Waals surface area contributed by atoms with Gasteiger partial charge in [-0.3, -0.25) is 4.98 Å². The minimum absolute atomic E-state index is 0.763. The molecule has 40 heavy (non-hydrogen) atoms. The first kappa shape index (κ1) is 22.8. The molecule has 0 bridgehead atoms. The van der Waals surface area contributed by atoms with Crippen molar-refractivity contribution in [2.24, 2.45) is 0 Å². The van der Waals surface area contributed by atoms with Crippen molar-refractivity contribution in [3.63, 3.8) is 0 Å². The molecule has 4 heterocycles. The normalized spacial score (nSPS) is 11.6. The van der Waals surface area contributed by atoms with Gasteiger partial charge in [0.1, 0.15) is 22.7 Å². The number of nitrogens with zero attached hydrogens (tertiary/aromatic N) is 3. The molecule has 0 saturated carbocycles. The third-order valence-electron chi connectivity index (χ3n) is 7.39. The number of rotatable bonds is 4. The van der Waals surface area contributed by atoms with Gasteiger partial charge in [-0.05, 0) is 67.8 Å². The molecule has 0 atom stereocenters. The zero-order chi connectivity index (χ0) is 26.6. The van der Waals surface area contributed by atoms with Gasteiger partial charge in [0.15, 0.2) is 5.65 Å². The number of hydrogen-bond donors (Lipinski definition) is 0. The SMILES string of the molecule is [CH2-][n+]1cccc2c3ccc4sc5ccccc5c4c3n(-c3cccc(Oc4cccc(-c5ccccn5)c4)c3)c21. The molecular weight excluding hydrogens is 510 g/mol. The van der Waals surface area contributed by atoms with Gasteiger partial charge in [0.2, 0.25) is 0 Å². The topological polar surface area (TPSA) is 30.9 Å². The van der Waals surface area contributed by atoms with E-state index >= 15 is 0 Å². The number of thiophene rings is 1. The molecule has 5 heteroatoms. The quantitative estimate of drug-likeness (QED) is 0.167. The van der Waals surface area contributed by atoms with Gasteiger partial charge in [-0.2, -0.15) is 0 Å². The van der Waals surface area contributed by atoms with Crippen molar-refractivity contribution < 1.29 is 9.30 Å². The van der Waals surface area contributed by atoms with Crippen LogP contribution in [-0.2, 0) is 0 Å². The van der Waals surface area contributed by atoms with Gasteiger partial charge < -0.3 is 9.30 Å². The molecule has 4 aromatic heterocycles. The first-order valence-corrected chi connectivity index (χ1v) is 14.0. The second-order valence-electron chi connectivity index (χ2n) is 9.83. The molecule has 0 saturated heterocycles. The van der Waals surface area contributed by atoms with E-state index in [0.717, 1.165) is 34.1 Å². The van der Waals surface area contributed by atoms with E-state index in [9.17, 15) is 0 Å². The summed E-state index contributed by atoms with van der Waals surface area (Å²) in [5, 5.41) is 4.91. The minimum atomic E-state index is 0.763. The van der Waals surface area contributed by atoms with Crippen LogP contribution in [0.5, 0.6) is 11.5 Å². The van der Waals surface area contributed by atoms with E-state index in [4.69, 9.17) is 4.74 Å². The molecule has 0 N–H and O–H groups in total. The number of hydrogen-bond acceptors (Lipinski definition) is 3. The summed E-state index contributed by atoms with van der Waals surface area (Å²) in [7, 11) is 4.35. The van der Waals surface area contributed by atoms with Gasteiger partial charge in [-0.1, -0.05) is 54.6 Å². The van der Waals surface area contributed by atoms with Gasteiger partial charge in [0, 0.05) is 48.8 Å². The van der Waals surface area contributed by atoms with Crippen molar-refractivity contribution in [1.29, 1.82) is 0 Å². The monoisotopic (exact) mass is 533 g/mol. The second kappa shape index (κ2) is 8.97. The molecule has 0 fully saturated rings. The summed E-state index contributed by atoms with van der Waals surface area (Å²) in [4.78, 5) is 4.49. The van der Waals surface area contributed by atoms with Gasteiger partial charge in [0.05, 0.1) is 5.69 Å². The summed E-state index contributed by atoms with van der Waals surface area (Å²) in [5.74, 6) is 1.53. The Labute approximate surface area is 235 Å². The van der Waals surface area contributed by atoms with Crippen LogP contribution in [0.2, 0.25) is 0 Å². The van der Waals surface area contributed by atoms with Crippen molar-refractivity contribution in [2.75, 3.05) is 0 Å². The zero-order valence-electron chi connectivity index (χ0n) is 21.5. The molecule has 0 aliphatic carbocycles. The van der Waals surface area contributed by atoms with Crippen LogP contribution in [0.15, 0.2) is 128 Å². The fraction of sp³-hybridized carbons (Fsp3) is 0. The maximum absolute atomic E-state index is 6.41. The lowest BCUT2D eigenvalue weighted by Gasteiger charge is -2.11. The summed E-state index contributed by atoms with van der Waals surface area (Å²) < 4.78 is 13.3. The smallest absolute Gasteiger partial charge is 0.192 e. The van der Waals surface area contributed by atoms with E-state index in [2.05, 4.69) is 77.3 Å². The Morgan fingerprint density at radius 1 is 0.700 bits per heavy atom. The fourth-order valence-corrected chi connectivity index (χ4v) is 6.79. The lowest BCUT2D eigenvalue weighted by Crippen LogP contribution is -2.27. The molecule has 0 amide bonds. The fourth-order valence-electron chi connectivity index (χ4n) is 5.68. The average Bonchev–Trinajstić information content (AvgIpc) is 3.54. The Balaban J connectivity index is 1.34. The lowest BCUT2D eigenvalue weighted by molar-refractivity contribution is -0.586. The van der Waals surface area contributed by atoms with Crippen LogP contribution in [-0.4, -0.2) is 9.55 Å². The van der Waals surface area contributed by atoms with E-state index in [1.165, 1.54) is 36.5 Å². The molecule has 190 valence electrons. The Bertz CT molecular complexity index is 2210. The number of aromatic nitrogens is 3. The minimum Gasteiger partial charge on any atom is -0.457 e. The molecule has 0 aliphatic heterocycles. The highest BCUT2D eigenvalue weighted by molar-refractivity contribution is 7.26. The Morgan fingerprint density at radius 2 is 1.52 bits per heavy atom. The third-order valence-corrected chi connectivity index (χ3v) is 8.53. The van der Waals surface area contributed by atoms with Crippen LogP contribution in [0.3, 0.4) is 0 Å². The van der Waals surface area contributed by atoms with Crippen molar-refractivity contribution in [3.8, 4) is 28.4 Å². The summed E-state index contributed by atoms with van der Waals surface area (Å²) >= 11 is 1.83. The number of ether oxygens (including phenoxy) is 1. The molecule has 8 rings (SSSR count). The van der Waals surface area contributed by atoms with Crippen molar-refractivity contribution >= 4 is 53.4 Å². The largest absolute Gasteiger partial charge is 0.457 e. The van der Waals surface area contributed by atoms with Crippen LogP contribution in [0.4, 0.5) is 0 Å². The number of fused-ring (bicyclic) bond motifs is 7. The molecule has 0 spiro atoms. The van der Waals surface area contributed by atoms with Crippen LogP contribution in [0.25, 0.3) is 59.1 Å². The molecule has 4 nitrogen and oxygen atoms in total. The van der Waals surface area contributed by atoms with Gasteiger partial charge in [0.25, 0.3) is 0 Å². The van der Waals surface area contributed by atoms with Crippen molar-refractivity contribution in [1.82, 2.24) is 9.55 Å². The number of pyridine rings is 2. The molecule has 0 unspecified atom stereocenters. The van der Waals surface area contributed by atoms with E-state index in [0.29, 0.717) is 0 Å². The van der Waals surface area contributed by atoms with Crippen molar-refractivity contribution in [2.45, 2.75) is 0 Å². The maximum atomic E-state index is 6.41. The van der Waals surface area contributed by atoms with Crippen LogP contribution in [0, 0.1) is 7.05 Å². The van der Waals surface area contributed by atoms with Crippen LogP contribution >= 0.6 is 11.3 Å². The van der Waals surface area contributed by atoms with Gasteiger partial charge in [-0.15, -0.1) is 11.3 Å². The summed E-state index contributed by atoms with van der Waals surface area (Å²) in [6.07, 6.45) is 3.81. The van der Waals surface area contributed by atoms with Crippen molar-refractivity contribution in [3.05, 3.63) is 135 Å². The standard InChI is InChI=1S/C35H23N3OS/c1-37-20-8-14-28-27-17-18-32-33(29-13-2-3-16-31(29)40-32)34(27)38(35(28)37)24-10-7-12-26(22-24)39-25-11-6-9-23(21-25)30-15-4-5-19-36-30/h2-22H,1H2. The van der Waals surface area contributed by atoms with Gasteiger partial charge >= 0.3 is 0 Å².